The number of aromatic nitrogens is 1. The summed E-state index contributed by atoms with van der Waals surface area (Å²) in [5, 5.41) is 0.882. The van der Waals surface area contributed by atoms with Gasteiger partial charge in [0.05, 0.1) is 0 Å². The van der Waals surface area contributed by atoms with Crippen molar-refractivity contribution in [1.29, 1.82) is 0 Å². The molecule has 2 rings (SSSR count). The molecule has 0 spiro atoms. The molecule has 0 unspecified atom stereocenters. The summed E-state index contributed by atoms with van der Waals surface area (Å²) in [7, 11) is 0. The minimum absolute atomic E-state index is 0.221. The molecule has 0 radical (unpaired) electrons. The number of hydrogen-bond donors (Lipinski definition) is 2. The molecule has 0 aliphatic heterocycles. The molecule has 0 aliphatic carbocycles. The summed E-state index contributed by atoms with van der Waals surface area (Å²) in [4.78, 5) is 3.03. The normalized spacial score (nSPS) is 11.6. The van der Waals surface area contributed by atoms with Crippen LogP contribution in [0.5, 0.6) is 0 Å². The van der Waals surface area contributed by atoms with Crippen molar-refractivity contribution in [3.05, 3.63) is 41.9 Å². The summed E-state index contributed by atoms with van der Waals surface area (Å²) in [5.74, 6) is -0.221. The van der Waals surface area contributed by atoms with E-state index in [1.165, 1.54) is 6.07 Å². The Hall–Kier alpha value is -1.61. The van der Waals surface area contributed by atoms with E-state index in [0.29, 0.717) is 12.1 Å². The van der Waals surface area contributed by atoms with E-state index in [9.17, 15) is 4.39 Å². The molecule has 14 heavy (non-hydrogen) atoms. The van der Waals surface area contributed by atoms with Crippen molar-refractivity contribution in [3.63, 3.8) is 0 Å². The Morgan fingerprint density at radius 1 is 1.43 bits per heavy atom. The minimum Gasteiger partial charge on any atom is -0.361 e. The third-order valence-corrected chi connectivity index (χ3v) is 2.10. The number of H-pyrrole nitrogens is 1. The van der Waals surface area contributed by atoms with Crippen LogP contribution < -0.4 is 5.73 Å². The van der Waals surface area contributed by atoms with Crippen molar-refractivity contribution in [2.24, 2.45) is 5.73 Å². The smallest absolute Gasteiger partial charge is 0.131 e. The summed E-state index contributed by atoms with van der Waals surface area (Å²) >= 11 is 0. The van der Waals surface area contributed by atoms with Crippen molar-refractivity contribution in [2.75, 3.05) is 6.54 Å². The summed E-state index contributed by atoms with van der Waals surface area (Å²) in [6.45, 7) is 0.419. The Labute approximate surface area is 81.2 Å². The van der Waals surface area contributed by atoms with Gasteiger partial charge in [-0.3, -0.25) is 0 Å². The molecule has 0 saturated carbocycles. The highest BCUT2D eigenvalue weighted by molar-refractivity contribution is 5.82. The van der Waals surface area contributed by atoms with Crippen molar-refractivity contribution < 1.29 is 4.39 Å². The second-order valence-electron chi connectivity index (χ2n) is 3.08. The third kappa shape index (κ3) is 1.54. The number of aromatic amines is 1. The van der Waals surface area contributed by atoms with Crippen molar-refractivity contribution in [3.8, 4) is 0 Å². The molecule has 2 aromatic rings. The van der Waals surface area contributed by atoms with Gasteiger partial charge in [0.15, 0.2) is 0 Å². The zero-order valence-corrected chi connectivity index (χ0v) is 7.63. The Morgan fingerprint density at radius 2 is 2.29 bits per heavy atom. The lowest BCUT2D eigenvalue weighted by Crippen LogP contribution is -1.92. The first-order chi connectivity index (χ1) is 6.81. The lowest BCUT2D eigenvalue weighted by atomic mass is 10.1. The van der Waals surface area contributed by atoms with Gasteiger partial charge in [0, 0.05) is 29.2 Å². The van der Waals surface area contributed by atoms with E-state index < -0.39 is 0 Å². The highest BCUT2D eigenvalue weighted by Crippen LogP contribution is 2.18. The van der Waals surface area contributed by atoms with Gasteiger partial charge in [-0.05, 0) is 18.2 Å². The van der Waals surface area contributed by atoms with Crippen LogP contribution >= 0.6 is 0 Å². The largest absolute Gasteiger partial charge is 0.361 e. The molecular formula is C11H11FN2. The van der Waals surface area contributed by atoms with E-state index in [1.54, 1.807) is 24.4 Å². The van der Waals surface area contributed by atoms with Gasteiger partial charge in [-0.25, -0.2) is 4.39 Å². The Morgan fingerprint density at radius 3 is 3.07 bits per heavy atom. The van der Waals surface area contributed by atoms with E-state index in [4.69, 9.17) is 5.73 Å². The van der Waals surface area contributed by atoms with Crippen LogP contribution in [0.2, 0.25) is 0 Å². The van der Waals surface area contributed by atoms with Crippen LogP contribution in [-0.2, 0) is 0 Å². The van der Waals surface area contributed by atoms with Crippen LogP contribution in [0.3, 0.4) is 0 Å². The molecule has 0 amide bonds. The molecule has 0 bridgehead atoms. The maximum atomic E-state index is 13.4. The second kappa shape index (κ2) is 3.64. The summed E-state index contributed by atoms with van der Waals surface area (Å²) < 4.78 is 13.4. The van der Waals surface area contributed by atoms with Crippen molar-refractivity contribution >= 4 is 17.0 Å². The topological polar surface area (TPSA) is 41.8 Å². The molecule has 0 fully saturated rings. The number of fused-ring (bicyclic) bond motifs is 1. The number of nitrogens with one attached hydrogen (secondary N) is 1. The molecule has 3 heteroatoms. The summed E-state index contributed by atoms with van der Waals surface area (Å²) in [6.07, 6.45) is 5.21. The highest BCUT2D eigenvalue weighted by Gasteiger charge is 2.01. The Kier molecular flexibility index (Phi) is 2.33. The Balaban J connectivity index is 2.53. The quantitative estimate of drug-likeness (QED) is 0.749. The molecule has 1 aromatic heterocycles. The van der Waals surface area contributed by atoms with Crippen molar-refractivity contribution in [1.82, 2.24) is 4.98 Å². The van der Waals surface area contributed by atoms with Crippen LogP contribution in [0.25, 0.3) is 17.0 Å². The molecule has 0 saturated heterocycles. The number of hydrogen-bond acceptors (Lipinski definition) is 1. The van der Waals surface area contributed by atoms with E-state index in [-0.39, 0.29) is 5.82 Å². The van der Waals surface area contributed by atoms with Crippen LogP contribution in [0, 0.1) is 5.82 Å². The first-order valence-electron chi connectivity index (χ1n) is 4.44. The van der Waals surface area contributed by atoms with Gasteiger partial charge >= 0.3 is 0 Å². The average Bonchev–Trinajstić information content (AvgIpc) is 2.61. The number of nitrogens with two attached hydrogens (primary N) is 1. The van der Waals surface area contributed by atoms with Gasteiger partial charge in [0.1, 0.15) is 5.82 Å². The maximum Gasteiger partial charge on any atom is 0.131 e. The fourth-order valence-corrected chi connectivity index (χ4v) is 1.41. The lowest BCUT2D eigenvalue weighted by molar-refractivity contribution is 0.627. The van der Waals surface area contributed by atoms with Gasteiger partial charge in [0.2, 0.25) is 0 Å². The number of benzene rings is 1. The predicted molar refractivity (Wildman–Crippen MR) is 56.3 cm³/mol. The van der Waals surface area contributed by atoms with Gasteiger partial charge < -0.3 is 10.7 Å². The molecule has 2 nitrogen and oxygen atoms in total. The van der Waals surface area contributed by atoms with Crippen LogP contribution in [0.4, 0.5) is 4.39 Å². The molecule has 3 N–H and O–H groups in total. The SMILES string of the molecule is NC/C=C/c1cc2[nH]ccc2cc1F. The van der Waals surface area contributed by atoms with Gasteiger partial charge in [-0.15, -0.1) is 0 Å². The number of rotatable bonds is 2. The molecular weight excluding hydrogens is 179 g/mol. The van der Waals surface area contributed by atoms with Gasteiger partial charge in [0.25, 0.3) is 0 Å². The van der Waals surface area contributed by atoms with Gasteiger partial charge in [-0.1, -0.05) is 12.2 Å². The standard InChI is InChI=1S/C11H11FN2/c12-10-6-9-3-5-14-11(9)7-8(10)2-1-4-13/h1-3,5-7,14H,4,13H2/b2-1+. The zero-order valence-electron chi connectivity index (χ0n) is 7.63. The average molecular weight is 190 g/mol. The number of halogens is 1. The predicted octanol–water partition coefficient (Wildman–Crippen LogP) is 2.28. The highest BCUT2D eigenvalue weighted by atomic mass is 19.1. The van der Waals surface area contributed by atoms with E-state index in [1.807, 2.05) is 6.07 Å². The fraction of sp³-hybridized carbons (Fsp3) is 0.0909. The molecule has 0 atom stereocenters. The molecule has 72 valence electrons. The molecule has 0 aliphatic rings. The maximum absolute atomic E-state index is 13.4. The van der Waals surface area contributed by atoms with Crippen LogP contribution in [0.15, 0.2) is 30.5 Å². The molecule has 1 heterocycles. The monoisotopic (exact) mass is 190 g/mol. The minimum atomic E-state index is -0.221. The Bertz CT molecular complexity index is 471. The molecule has 1 aromatic carbocycles. The van der Waals surface area contributed by atoms with E-state index in [2.05, 4.69) is 4.98 Å². The fourth-order valence-electron chi connectivity index (χ4n) is 1.41. The van der Waals surface area contributed by atoms with Crippen LogP contribution in [0.1, 0.15) is 5.56 Å². The third-order valence-electron chi connectivity index (χ3n) is 2.10. The second-order valence-corrected chi connectivity index (χ2v) is 3.08. The first-order valence-corrected chi connectivity index (χ1v) is 4.44. The zero-order chi connectivity index (χ0) is 9.97. The lowest BCUT2D eigenvalue weighted by Gasteiger charge is -1.97. The van der Waals surface area contributed by atoms with Gasteiger partial charge in [-0.2, -0.15) is 0 Å². The van der Waals surface area contributed by atoms with E-state index in [0.717, 1.165) is 10.9 Å². The summed E-state index contributed by atoms with van der Waals surface area (Å²) in [6, 6.07) is 5.13. The first kappa shape index (κ1) is 8.97. The van der Waals surface area contributed by atoms with Crippen molar-refractivity contribution in [2.45, 2.75) is 0 Å². The van der Waals surface area contributed by atoms with E-state index >= 15 is 0 Å². The summed E-state index contributed by atoms with van der Waals surface area (Å²) in [5.41, 5.74) is 6.80. The van der Waals surface area contributed by atoms with Crippen LogP contribution in [-0.4, -0.2) is 11.5 Å².